The van der Waals surface area contributed by atoms with Gasteiger partial charge in [0.1, 0.15) is 11.6 Å². The van der Waals surface area contributed by atoms with Crippen LogP contribution >= 0.6 is 0 Å². The topological polar surface area (TPSA) is 128 Å². The second-order valence-corrected chi connectivity index (χ2v) is 15.0. The van der Waals surface area contributed by atoms with Crippen LogP contribution in [0.4, 0.5) is 5.69 Å². The maximum absolute atomic E-state index is 13.4. The lowest BCUT2D eigenvalue weighted by atomic mass is 10.1. The van der Waals surface area contributed by atoms with Gasteiger partial charge in [0.2, 0.25) is 0 Å². The standard InChI is InChI=1S/C23H36N2O8Si/c1-13(2)34(14(3)4,15(5)6)33-21-11-18(25(29)30)17(10-20(21)31-7)22(27)24-12-16(26)9-19(24)23(28)32-8/h10-11,13-16,19,26H,9,12H2,1-8H3/t16-,19+/m1/s1. The van der Waals surface area contributed by atoms with Gasteiger partial charge in [-0.2, -0.15) is 0 Å². The first-order valence-electron chi connectivity index (χ1n) is 11.4. The molecule has 0 unspecified atom stereocenters. The fraction of sp³-hybridized carbons (Fsp3) is 0.652. The number of nitro groups is 1. The quantitative estimate of drug-likeness (QED) is 0.236. The van der Waals surface area contributed by atoms with Crippen molar-refractivity contribution in [2.75, 3.05) is 20.8 Å². The summed E-state index contributed by atoms with van der Waals surface area (Å²) in [7, 11) is 0.111. The van der Waals surface area contributed by atoms with Crippen molar-refractivity contribution in [3.63, 3.8) is 0 Å². The number of hydrogen-bond donors (Lipinski definition) is 1. The summed E-state index contributed by atoms with van der Waals surface area (Å²) in [5.41, 5.74) is -0.0634. The Kier molecular flexibility index (Phi) is 8.70. The predicted octanol–water partition coefficient (Wildman–Crippen LogP) is 3.91. The number of esters is 1. The number of benzene rings is 1. The Morgan fingerprint density at radius 3 is 2.09 bits per heavy atom. The van der Waals surface area contributed by atoms with Gasteiger partial charge in [0, 0.05) is 19.0 Å². The number of aliphatic hydroxyl groups excluding tert-OH is 1. The number of aliphatic hydroxyl groups is 1. The molecule has 1 amide bonds. The Balaban J connectivity index is 2.63. The van der Waals surface area contributed by atoms with Crippen LogP contribution in [0.2, 0.25) is 16.6 Å². The lowest BCUT2D eigenvalue weighted by Crippen LogP contribution is -2.50. The summed E-state index contributed by atoms with van der Waals surface area (Å²) in [6.07, 6.45) is -0.943. The Bertz CT molecular complexity index is 912. The van der Waals surface area contributed by atoms with Crippen molar-refractivity contribution >= 4 is 25.9 Å². The van der Waals surface area contributed by atoms with E-state index in [0.29, 0.717) is 0 Å². The summed E-state index contributed by atoms with van der Waals surface area (Å²) in [6.45, 7) is 12.4. The Hall–Kier alpha value is -2.66. The smallest absolute Gasteiger partial charge is 0.328 e. The maximum Gasteiger partial charge on any atom is 0.328 e. The highest BCUT2D eigenvalue weighted by atomic mass is 28.4. The van der Waals surface area contributed by atoms with Crippen molar-refractivity contribution in [3.8, 4) is 11.5 Å². The molecule has 1 saturated heterocycles. The summed E-state index contributed by atoms with van der Waals surface area (Å²) < 4.78 is 16.9. The number of likely N-dealkylation sites (tertiary alicyclic amines) is 1. The fourth-order valence-electron chi connectivity index (χ4n) is 5.21. The summed E-state index contributed by atoms with van der Waals surface area (Å²) in [5.74, 6) is -1.04. The van der Waals surface area contributed by atoms with Crippen LogP contribution in [0.25, 0.3) is 0 Å². The van der Waals surface area contributed by atoms with Crippen molar-refractivity contribution in [3.05, 3.63) is 27.8 Å². The number of methoxy groups -OCH3 is 2. The monoisotopic (exact) mass is 496 g/mol. The normalized spacial score (nSPS) is 18.5. The third-order valence-corrected chi connectivity index (χ3v) is 12.7. The SMILES string of the molecule is COC(=O)[C@@H]1C[C@@H](O)CN1C(=O)c1cc(OC)c(O[Si](C(C)C)(C(C)C)C(C)C)cc1[N+](=O)[O-]. The van der Waals surface area contributed by atoms with E-state index >= 15 is 0 Å². The fourth-order valence-corrected chi connectivity index (χ4v) is 10.5. The van der Waals surface area contributed by atoms with Gasteiger partial charge < -0.3 is 23.9 Å². The molecule has 0 aromatic heterocycles. The number of β-amino-alcohol motifs (C(OH)–C–C–N with tert-alkyl or cyclic N) is 1. The summed E-state index contributed by atoms with van der Waals surface area (Å²) in [4.78, 5) is 38.0. The molecule has 0 saturated carbocycles. The first-order valence-corrected chi connectivity index (χ1v) is 13.6. The van der Waals surface area contributed by atoms with E-state index in [4.69, 9.17) is 13.9 Å². The zero-order valence-electron chi connectivity index (χ0n) is 21.2. The van der Waals surface area contributed by atoms with Gasteiger partial charge in [-0.25, -0.2) is 4.79 Å². The van der Waals surface area contributed by atoms with Crippen LogP contribution in [0.15, 0.2) is 12.1 Å². The van der Waals surface area contributed by atoms with Crippen molar-refractivity contribution in [1.82, 2.24) is 4.90 Å². The molecule has 11 heteroatoms. The van der Waals surface area contributed by atoms with Gasteiger partial charge in [-0.05, 0) is 16.6 Å². The van der Waals surface area contributed by atoms with E-state index in [2.05, 4.69) is 41.5 Å². The van der Waals surface area contributed by atoms with Crippen LogP contribution in [-0.4, -0.2) is 68.0 Å². The minimum Gasteiger partial charge on any atom is -0.540 e. The van der Waals surface area contributed by atoms with Crippen LogP contribution in [0.3, 0.4) is 0 Å². The molecular formula is C23H36N2O8Si. The van der Waals surface area contributed by atoms with Crippen LogP contribution in [0.1, 0.15) is 58.3 Å². The summed E-state index contributed by atoms with van der Waals surface area (Å²) in [6, 6.07) is 1.49. The van der Waals surface area contributed by atoms with Crippen LogP contribution in [-0.2, 0) is 9.53 Å². The molecule has 0 radical (unpaired) electrons. The number of hydrogen-bond acceptors (Lipinski definition) is 8. The number of rotatable bonds is 9. The molecule has 190 valence electrons. The minimum absolute atomic E-state index is 0.00414. The lowest BCUT2D eigenvalue weighted by Gasteiger charge is -2.42. The van der Waals surface area contributed by atoms with Crippen LogP contribution < -0.4 is 9.16 Å². The van der Waals surface area contributed by atoms with Gasteiger partial charge >= 0.3 is 5.97 Å². The van der Waals surface area contributed by atoms with Crippen molar-refractivity contribution < 1.29 is 33.5 Å². The second kappa shape index (κ2) is 10.7. The van der Waals surface area contributed by atoms with Gasteiger partial charge in [-0.3, -0.25) is 14.9 Å². The van der Waals surface area contributed by atoms with E-state index in [0.717, 1.165) is 4.90 Å². The summed E-state index contributed by atoms with van der Waals surface area (Å²) in [5, 5.41) is 22.0. The van der Waals surface area contributed by atoms with Crippen LogP contribution in [0.5, 0.6) is 11.5 Å². The van der Waals surface area contributed by atoms with Gasteiger partial charge in [0.15, 0.2) is 11.5 Å². The molecule has 2 atom stereocenters. The zero-order valence-corrected chi connectivity index (χ0v) is 22.2. The molecule has 34 heavy (non-hydrogen) atoms. The third kappa shape index (κ3) is 5.04. The summed E-state index contributed by atoms with van der Waals surface area (Å²) >= 11 is 0. The second-order valence-electron chi connectivity index (χ2n) is 9.58. The van der Waals surface area contributed by atoms with E-state index in [1.165, 1.54) is 26.4 Å². The minimum atomic E-state index is -2.48. The van der Waals surface area contributed by atoms with Crippen molar-refractivity contribution in [2.45, 2.75) is 76.7 Å². The number of carbonyl (C=O) groups excluding carboxylic acids is 2. The van der Waals surface area contributed by atoms with Gasteiger partial charge in [-0.1, -0.05) is 41.5 Å². The molecule has 1 aliphatic heterocycles. The molecule has 2 rings (SSSR count). The van der Waals surface area contributed by atoms with E-state index < -0.39 is 43.0 Å². The molecule has 1 fully saturated rings. The Morgan fingerprint density at radius 2 is 1.65 bits per heavy atom. The number of ether oxygens (including phenoxy) is 2. The molecule has 0 bridgehead atoms. The van der Waals surface area contributed by atoms with E-state index in [1.807, 2.05) is 0 Å². The Morgan fingerprint density at radius 1 is 1.09 bits per heavy atom. The lowest BCUT2D eigenvalue weighted by molar-refractivity contribution is -0.385. The number of nitro benzene ring substituents is 1. The average Bonchev–Trinajstić information content (AvgIpc) is 3.16. The highest BCUT2D eigenvalue weighted by Crippen LogP contribution is 2.46. The Labute approximate surface area is 201 Å². The van der Waals surface area contributed by atoms with Gasteiger partial charge in [-0.15, -0.1) is 0 Å². The number of amides is 1. The first-order chi connectivity index (χ1) is 15.8. The molecule has 0 aliphatic carbocycles. The molecule has 0 spiro atoms. The van der Waals surface area contributed by atoms with E-state index in [1.54, 1.807) is 0 Å². The van der Waals surface area contributed by atoms with Crippen molar-refractivity contribution in [2.24, 2.45) is 0 Å². The molecule has 10 nitrogen and oxygen atoms in total. The van der Waals surface area contributed by atoms with E-state index in [-0.39, 0.29) is 46.7 Å². The number of carbonyl (C=O) groups is 2. The molecule has 1 heterocycles. The van der Waals surface area contributed by atoms with E-state index in [9.17, 15) is 24.8 Å². The van der Waals surface area contributed by atoms with Crippen LogP contribution in [0, 0.1) is 10.1 Å². The number of nitrogens with zero attached hydrogens (tertiary/aromatic N) is 2. The maximum atomic E-state index is 13.4. The molecule has 1 N–H and O–H groups in total. The largest absolute Gasteiger partial charge is 0.540 e. The van der Waals surface area contributed by atoms with Gasteiger partial charge in [0.25, 0.3) is 19.9 Å². The molecule has 1 aromatic carbocycles. The predicted molar refractivity (Wildman–Crippen MR) is 129 cm³/mol. The first kappa shape index (κ1) is 27.6. The molecule has 1 aliphatic rings. The molecular weight excluding hydrogens is 460 g/mol. The highest BCUT2D eigenvalue weighted by molar-refractivity contribution is 6.78. The zero-order chi connectivity index (χ0) is 26.0. The molecule has 1 aromatic rings. The highest BCUT2D eigenvalue weighted by Gasteiger charge is 2.48. The van der Waals surface area contributed by atoms with Crippen molar-refractivity contribution in [1.29, 1.82) is 0 Å². The van der Waals surface area contributed by atoms with Gasteiger partial charge in [0.05, 0.1) is 31.3 Å². The third-order valence-electron chi connectivity index (χ3n) is 6.72. The average molecular weight is 497 g/mol.